The first-order valence-corrected chi connectivity index (χ1v) is 4.67. The van der Waals surface area contributed by atoms with Gasteiger partial charge in [0.2, 0.25) is 0 Å². The van der Waals surface area contributed by atoms with Crippen LogP contribution in [-0.4, -0.2) is 9.97 Å². The third kappa shape index (κ3) is 1.78. The molecule has 0 saturated carbocycles. The number of benzene rings is 1. The molecule has 5 nitrogen and oxygen atoms in total. The summed E-state index contributed by atoms with van der Waals surface area (Å²) >= 11 is 0. The molecule has 1 aromatic heterocycles. The maximum atomic E-state index is 8.21. The Kier molecular flexibility index (Phi) is 2.31. The minimum absolute atomic E-state index is 0.267. The van der Waals surface area contributed by atoms with Gasteiger partial charge in [-0.05, 0) is 42.6 Å². The van der Waals surface area contributed by atoms with Crippen LogP contribution in [0.4, 0.5) is 0 Å². The zero-order valence-corrected chi connectivity index (χ0v) is 8.65. The van der Waals surface area contributed by atoms with Crippen molar-refractivity contribution in [2.45, 2.75) is 20.4 Å². The van der Waals surface area contributed by atoms with Crippen LogP contribution in [0.1, 0.15) is 17.0 Å². The highest BCUT2D eigenvalue weighted by Gasteiger charge is 2.03. The van der Waals surface area contributed by atoms with Gasteiger partial charge >= 0.3 is 0 Å². The van der Waals surface area contributed by atoms with Gasteiger partial charge in [0.25, 0.3) is 0 Å². The molecule has 76 valence electrons. The van der Waals surface area contributed by atoms with E-state index in [0.717, 1.165) is 11.0 Å². The normalized spacial score (nSPS) is 10.3. The van der Waals surface area contributed by atoms with Gasteiger partial charge in [0.1, 0.15) is 5.82 Å². The Balaban J connectivity index is 2.51. The summed E-state index contributed by atoms with van der Waals surface area (Å²) in [5, 5.41) is 3.47. The van der Waals surface area contributed by atoms with Crippen molar-refractivity contribution in [3.8, 4) is 0 Å². The van der Waals surface area contributed by atoms with E-state index in [0.29, 0.717) is 5.82 Å². The minimum Gasteiger partial charge on any atom is -0.342 e. The van der Waals surface area contributed by atoms with Crippen LogP contribution in [0.2, 0.25) is 0 Å². The standard InChI is InChI=1S/C10H11N5/c1-6-3-8-9(4-7(6)2)14-10(13-8)5-12-15-11/h3-4H,5H2,1-2H3,(H,13,14). The topological polar surface area (TPSA) is 77.4 Å². The number of aromatic nitrogens is 2. The Bertz CT molecular complexity index is 509. The van der Waals surface area contributed by atoms with E-state index in [2.05, 4.69) is 39.9 Å². The van der Waals surface area contributed by atoms with Gasteiger partial charge < -0.3 is 4.98 Å². The van der Waals surface area contributed by atoms with Crippen LogP contribution in [-0.2, 0) is 6.54 Å². The highest BCUT2D eigenvalue weighted by molar-refractivity contribution is 5.77. The number of nitrogens with one attached hydrogen (secondary N) is 1. The fourth-order valence-corrected chi connectivity index (χ4v) is 1.50. The molecular formula is C10H11N5. The van der Waals surface area contributed by atoms with Crippen LogP contribution < -0.4 is 0 Å². The zero-order chi connectivity index (χ0) is 10.8. The Morgan fingerprint density at radius 2 is 2.13 bits per heavy atom. The first-order chi connectivity index (χ1) is 7.20. The number of aromatic amines is 1. The molecule has 2 aromatic rings. The lowest BCUT2D eigenvalue weighted by molar-refractivity contribution is 0.946. The van der Waals surface area contributed by atoms with E-state index in [-0.39, 0.29) is 6.54 Å². The summed E-state index contributed by atoms with van der Waals surface area (Å²) in [5.41, 5.74) is 12.5. The van der Waals surface area contributed by atoms with Gasteiger partial charge in [-0.3, -0.25) is 0 Å². The molecule has 0 spiro atoms. The van der Waals surface area contributed by atoms with Gasteiger partial charge in [0, 0.05) is 4.91 Å². The molecule has 0 saturated heterocycles. The SMILES string of the molecule is Cc1cc2nc(CN=[N+]=[N-])[nH]c2cc1C. The molecule has 0 fully saturated rings. The summed E-state index contributed by atoms with van der Waals surface area (Å²) in [6, 6.07) is 4.08. The van der Waals surface area contributed by atoms with Gasteiger partial charge in [0.15, 0.2) is 0 Å². The molecular weight excluding hydrogens is 190 g/mol. The number of fused-ring (bicyclic) bond motifs is 1. The molecule has 0 radical (unpaired) electrons. The van der Waals surface area contributed by atoms with Crippen LogP contribution >= 0.6 is 0 Å². The predicted octanol–water partition coefficient (Wildman–Crippen LogP) is 2.99. The monoisotopic (exact) mass is 201 g/mol. The average Bonchev–Trinajstić information content (AvgIpc) is 2.58. The fourth-order valence-electron chi connectivity index (χ4n) is 1.50. The number of nitrogens with zero attached hydrogens (tertiary/aromatic N) is 4. The van der Waals surface area contributed by atoms with Gasteiger partial charge in [-0.1, -0.05) is 5.11 Å². The van der Waals surface area contributed by atoms with Crippen molar-refractivity contribution >= 4 is 11.0 Å². The van der Waals surface area contributed by atoms with Crippen LogP contribution in [0.3, 0.4) is 0 Å². The Morgan fingerprint density at radius 1 is 1.40 bits per heavy atom. The lowest BCUT2D eigenvalue weighted by atomic mass is 10.1. The smallest absolute Gasteiger partial charge is 0.113 e. The van der Waals surface area contributed by atoms with Gasteiger partial charge in [-0.25, -0.2) is 4.98 Å². The number of azide groups is 1. The van der Waals surface area contributed by atoms with Crippen LogP contribution in [0.15, 0.2) is 17.2 Å². The van der Waals surface area contributed by atoms with E-state index < -0.39 is 0 Å². The van der Waals surface area contributed by atoms with Crippen LogP contribution in [0.5, 0.6) is 0 Å². The molecule has 5 heteroatoms. The summed E-state index contributed by atoms with van der Waals surface area (Å²) in [6.07, 6.45) is 0. The number of aryl methyl sites for hydroxylation is 2. The van der Waals surface area contributed by atoms with E-state index in [4.69, 9.17) is 5.53 Å². The minimum atomic E-state index is 0.267. The third-order valence-corrected chi connectivity index (χ3v) is 2.43. The molecule has 15 heavy (non-hydrogen) atoms. The summed E-state index contributed by atoms with van der Waals surface area (Å²) in [4.78, 5) is 10.2. The number of H-pyrrole nitrogens is 1. The van der Waals surface area contributed by atoms with Gasteiger partial charge in [-0.2, -0.15) is 0 Å². The van der Waals surface area contributed by atoms with E-state index >= 15 is 0 Å². The molecule has 0 bridgehead atoms. The van der Waals surface area contributed by atoms with Crippen molar-refractivity contribution in [1.29, 1.82) is 0 Å². The maximum Gasteiger partial charge on any atom is 0.113 e. The molecule has 0 amide bonds. The molecule has 1 aromatic carbocycles. The number of rotatable bonds is 2. The van der Waals surface area contributed by atoms with Gasteiger partial charge in [-0.15, -0.1) is 0 Å². The molecule has 0 aliphatic rings. The summed E-state index contributed by atoms with van der Waals surface area (Å²) < 4.78 is 0. The molecule has 0 aliphatic heterocycles. The lowest BCUT2D eigenvalue weighted by Gasteiger charge is -1.97. The predicted molar refractivity (Wildman–Crippen MR) is 58.4 cm³/mol. The van der Waals surface area contributed by atoms with Crippen molar-refractivity contribution in [2.75, 3.05) is 0 Å². The lowest BCUT2D eigenvalue weighted by Crippen LogP contribution is -1.81. The molecule has 1 N–H and O–H groups in total. The van der Waals surface area contributed by atoms with Gasteiger partial charge in [0.05, 0.1) is 17.6 Å². The van der Waals surface area contributed by atoms with Crippen molar-refractivity contribution in [3.63, 3.8) is 0 Å². The van der Waals surface area contributed by atoms with E-state index in [9.17, 15) is 0 Å². The van der Waals surface area contributed by atoms with Crippen molar-refractivity contribution in [2.24, 2.45) is 5.11 Å². The maximum absolute atomic E-state index is 8.21. The quantitative estimate of drug-likeness (QED) is 0.452. The van der Waals surface area contributed by atoms with E-state index in [1.165, 1.54) is 11.1 Å². The summed E-state index contributed by atoms with van der Waals surface area (Å²) in [6.45, 7) is 4.38. The van der Waals surface area contributed by atoms with Crippen molar-refractivity contribution < 1.29 is 0 Å². The molecule has 0 unspecified atom stereocenters. The van der Waals surface area contributed by atoms with Crippen molar-refractivity contribution in [3.05, 3.63) is 39.5 Å². The third-order valence-electron chi connectivity index (χ3n) is 2.43. The second-order valence-electron chi connectivity index (χ2n) is 3.53. The highest BCUT2D eigenvalue weighted by Crippen LogP contribution is 2.17. The molecule has 1 heterocycles. The Morgan fingerprint density at radius 3 is 2.87 bits per heavy atom. The van der Waals surface area contributed by atoms with Crippen LogP contribution in [0, 0.1) is 13.8 Å². The fraction of sp³-hybridized carbons (Fsp3) is 0.300. The molecule has 0 atom stereocenters. The highest BCUT2D eigenvalue weighted by atomic mass is 15.1. The number of hydrogen-bond acceptors (Lipinski definition) is 2. The summed E-state index contributed by atoms with van der Waals surface area (Å²) in [5.74, 6) is 0.702. The zero-order valence-electron chi connectivity index (χ0n) is 8.65. The second-order valence-corrected chi connectivity index (χ2v) is 3.53. The van der Waals surface area contributed by atoms with Crippen molar-refractivity contribution in [1.82, 2.24) is 9.97 Å². The number of imidazole rings is 1. The number of hydrogen-bond donors (Lipinski definition) is 1. The first-order valence-electron chi connectivity index (χ1n) is 4.67. The summed E-state index contributed by atoms with van der Waals surface area (Å²) in [7, 11) is 0. The van der Waals surface area contributed by atoms with E-state index in [1.807, 2.05) is 6.07 Å². The average molecular weight is 201 g/mol. The van der Waals surface area contributed by atoms with Crippen LogP contribution in [0.25, 0.3) is 21.5 Å². The molecule has 2 rings (SSSR count). The second kappa shape index (κ2) is 3.63. The van der Waals surface area contributed by atoms with E-state index in [1.54, 1.807) is 0 Å². The Hall–Kier alpha value is -2.00. The first kappa shape index (κ1) is 9.55. The Labute approximate surface area is 86.8 Å². The molecule has 0 aliphatic carbocycles. The largest absolute Gasteiger partial charge is 0.342 e.